The second-order valence-electron chi connectivity index (χ2n) is 6.85. The Bertz CT molecular complexity index is 1010. The smallest absolute Gasteiger partial charge is 0.198 e. The monoisotopic (exact) mass is 367 g/mol. The molecule has 4 nitrogen and oxygen atoms in total. The SMILES string of the molecule is CC1CCc2c(sc3ncnc(Nc4ccc5c(c4)SC(=O)C5)c23)C1. The molecule has 1 aromatic carbocycles. The third-order valence-electron chi connectivity index (χ3n) is 4.98. The van der Waals surface area contributed by atoms with Gasteiger partial charge in [0.05, 0.1) is 5.39 Å². The summed E-state index contributed by atoms with van der Waals surface area (Å²) in [4.78, 5) is 24.2. The van der Waals surface area contributed by atoms with E-state index < -0.39 is 0 Å². The first kappa shape index (κ1) is 15.3. The van der Waals surface area contributed by atoms with E-state index in [1.807, 2.05) is 23.5 Å². The van der Waals surface area contributed by atoms with E-state index in [-0.39, 0.29) is 5.12 Å². The quantitative estimate of drug-likeness (QED) is 0.709. The number of aryl methyl sites for hydroxylation is 1. The molecule has 0 bridgehead atoms. The molecule has 1 aliphatic carbocycles. The number of benzene rings is 1. The first-order chi connectivity index (χ1) is 12.2. The van der Waals surface area contributed by atoms with Gasteiger partial charge in [0.2, 0.25) is 0 Å². The molecule has 126 valence electrons. The van der Waals surface area contributed by atoms with Crippen LogP contribution in [0.2, 0.25) is 0 Å². The number of nitrogens with one attached hydrogen (secondary N) is 1. The van der Waals surface area contributed by atoms with Gasteiger partial charge in [-0.2, -0.15) is 0 Å². The summed E-state index contributed by atoms with van der Waals surface area (Å²) in [6, 6.07) is 6.13. The second kappa shape index (κ2) is 5.81. The van der Waals surface area contributed by atoms with Gasteiger partial charge in [-0.3, -0.25) is 4.79 Å². The standard InChI is InChI=1S/C19H17N3OS2/c1-10-2-5-13-15(6-10)25-19-17(13)18(20-9-21-19)22-12-4-3-11-7-16(23)24-14(11)8-12/h3-4,8-10H,2,5-7H2,1H3,(H,20,21,22). The second-order valence-corrected chi connectivity index (χ2v) is 9.04. The lowest BCUT2D eigenvalue weighted by atomic mass is 9.89. The van der Waals surface area contributed by atoms with Crippen molar-refractivity contribution in [3.63, 3.8) is 0 Å². The van der Waals surface area contributed by atoms with Crippen LogP contribution in [-0.2, 0) is 24.1 Å². The van der Waals surface area contributed by atoms with Crippen LogP contribution >= 0.6 is 23.1 Å². The summed E-state index contributed by atoms with van der Waals surface area (Å²) < 4.78 is 0. The molecular weight excluding hydrogens is 350 g/mol. The highest BCUT2D eigenvalue weighted by atomic mass is 32.2. The molecule has 0 saturated heterocycles. The van der Waals surface area contributed by atoms with E-state index in [0.717, 1.165) is 45.6 Å². The molecule has 1 N–H and O–H groups in total. The summed E-state index contributed by atoms with van der Waals surface area (Å²) in [7, 11) is 0. The molecule has 3 aromatic rings. The molecule has 25 heavy (non-hydrogen) atoms. The number of thioether (sulfide) groups is 1. The summed E-state index contributed by atoms with van der Waals surface area (Å²) in [5.74, 6) is 1.63. The molecule has 5 rings (SSSR count). The van der Waals surface area contributed by atoms with Crippen molar-refractivity contribution < 1.29 is 4.79 Å². The molecule has 0 saturated carbocycles. The van der Waals surface area contributed by atoms with Gasteiger partial charge in [-0.15, -0.1) is 11.3 Å². The fourth-order valence-electron chi connectivity index (χ4n) is 3.69. The molecule has 2 aromatic heterocycles. The van der Waals surface area contributed by atoms with Crippen molar-refractivity contribution >= 4 is 49.9 Å². The van der Waals surface area contributed by atoms with Gasteiger partial charge in [-0.1, -0.05) is 24.8 Å². The van der Waals surface area contributed by atoms with Gasteiger partial charge in [-0.25, -0.2) is 9.97 Å². The van der Waals surface area contributed by atoms with Gasteiger partial charge in [0.1, 0.15) is 17.0 Å². The molecule has 3 heterocycles. The fourth-order valence-corrected chi connectivity index (χ4v) is 5.97. The Morgan fingerprint density at radius 1 is 1.28 bits per heavy atom. The summed E-state index contributed by atoms with van der Waals surface area (Å²) >= 11 is 3.14. The van der Waals surface area contributed by atoms with Crippen molar-refractivity contribution in [3.05, 3.63) is 40.5 Å². The van der Waals surface area contributed by atoms with Crippen LogP contribution in [0.4, 0.5) is 11.5 Å². The average molecular weight is 367 g/mol. The van der Waals surface area contributed by atoms with Gasteiger partial charge in [-0.05, 0) is 48.4 Å². The third-order valence-corrected chi connectivity index (χ3v) is 7.11. The number of rotatable bonds is 2. The minimum atomic E-state index is 0.220. The number of hydrogen-bond donors (Lipinski definition) is 1. The largest absolute Gasteiger partial charge is 0.340 e. The minimum Gasteiger partial charge on any atom is -0.340 e. The molecule has 0 radical (unpaired) electrons. The van der Waals surface area contributed by atoms with Crippen LogP contribution in [0.15, 0.2) is 29.4 Å². The molecule has 6 heteroatoms. The predicted octanol–water partition coefficient (Wildman–Crippen LogP) is 4.73. The summed E-state index contributed by atoms with van der Waals surface area (Å²) in [5, 5.41) is 4.87. The maximum Gasteiger partial charge on any atom is 0.198 e. The van der Waals surface area contributed by atoms with Gasteiger partial charge in [0, 0.05) is 21.9 Å². The number of nitrogens with zero attached hydrogens (tertiary/aromatic N) is 2. The number of anilines is 2. The van der Waals surface area contributed by atoms with E-state index in [4.69, 9.17) is 0 Å². The zero-order chi connectivity index (χ0) is 17.0. The zero-order valence-electron chi connectivity index (χ0n) is 13.8. The van der Waals surface area contributed by atoms with Crippen molar-refractivity contribution in [3.8, 4) is 0 Å². The van der Waals surface area contributed by atoms with Gasteiger partial charge in [0.15, 0.2) is 5.12 Å². The Kier molecular flexibility index (Phi) is 3.57. The van der Waals surface area contributed by atoms with Crippen LogP contribution < -0.4 is 5.32 Å². The van der Waals surface area contributed by atoms with E-state index in [2.05, 4.69) is 28.3 Å². The number of thiophene rings is 1. The first-order valence-corrected chi connectivity index (χ1v) is 10.2. The number of hydrogen-bond acceptors (Lipinski definition) is 6. The maximum absolute atomic E-state index is 11.6. The van der Waals surface area contributed by atoms with Crippen molar-refractivity contribution in [2.45, 2.75) is 37.5 Å². The lowest BCUT2D eigenvalue weighted by Gasteiger charge is -2.18. The highest BCUT2D eigenvalue weighted by Crippen LogP contribution is 2.41. The minimum absolute atomic E-state index is 0.220. The first-order valence-electron chi connectivity index (χ1n) is 8.53. The molecule has 0 spiro atoms. The van der Waals surface area contributed by atoms with Gasteiger partial charge in [0.25, 0.3) is 0 Å². The Hall–Kier alpha value is -1.92. The van der Waals surface area contributed by atoms with Crippen LogP contribution in [0.1, 0.15) is 29.3 Å². The molecule has 1 aliphatic heterocycles. The normalized spacial score (nSPS) is 19.1. The van der Waals surface area contributed by atoms with Crippen LogP contribution in [0.5, 0.6) is 0 Å². The molecule has 0 fully saturated rings. The third kappa shape index (κ3) is 2.64. The lowest BCUT2D eigenvalue weighted by Crippen LogP contribution is -2.09. The van der Waals surface area contributed by atoms with Crippen LogP contribution in [0.3, 0.4) is 0 Å². The highest BCUT2D eigenvalue weighted by molar-refractivity contribution is 8.14. The van der Waals surface area contributed by atoms with Gasteiger partial charge < -0.3 is 5.32 Å². The topological polar surface area (TPSA) is 54.9 Å². The van der Waals surface area contributed by atoms with E-state index in [0.29, 0.717) is 6.42 Å². The number of carbonyl (C=O) groups is 1. The van der Waals surface area contributed by atoms with E-state index >= 15 is 0 Å². The van der Waals surface area contributed by atoms with Gasteiger partial charge >= 0.3 is 0 Å². The lowest BCUT2D eigenvalue weighted by molar-refractivity contribution is -0.110. The van der Waals surface area contributed by atoms with Crippen molar-refractivity contribution in [1.82, 2.24) is 9.97 Å². The van der Waals surface area contributed by atoms with Crippen molar-refractivity contribution in [2.75, 3.05) is 5.32 Å². The molecule has 1 atom stereocenters. The molecule has 1 unspecified atom stereocenters. The Balaban J connectivity index is 1.55. The van der Waals surface area contributed by atoms with Crippen LogP contribution in [0, 0.1) is 5.92 Å². The molecule has 2 aliphatic rings. The average Bonchev–Trinajstić information content (AvgIpc) is 3.13. The van der Waals surface area contributed by atoms with Crippen LogP contribution in [-0.4, -0.2) is 15.1 Å². The summed E-state index contributed by atoms with van der Waals surface area (Å²) in [6.07, 6.45) is 5.65. The summed E-state index contributed by atoms with van der Waals surface area (Å²) in [5.41, 5.74) is 3.52. The Morgan fingerprint density at radius 3 is 3.12 bits per heavy atom. The highest BCUT2D eigenvalue weighted by Gasteiger charge is 2.24. The van der Waals surface area contributed by atoms with E-state index in [1.165, 1.54) is 34.0 Å². The van der Waals surface area contributed by atoms with E-state index in [1.54, 1.807) is 6.33 Å². The zero-order valence-corrected chi connectivity index (χ0v) is 15.5. The fraction of sp³-hybridized carbons (Fsp3) is 0.316. The summed E-state index contributed by atoms with van der Waals surface area (Å²) in [6.45, 7) is 2.32. The Morgan fingerprint density at radius 2 is 2.20 bits per heavy atom. The predicted molar refractivity (Wildman–Crippen MR) is 103 cm³/mol. The number of aromatic nitrogens is 2. The van der Waals surface area contributed by atoms with Crippen molar-refractivity contribution in [2.24, 2.45) is 5.92 Å². The van der Waals surface area contributed by atoms with E-state index in [9.17, 15) is 4.79 Å². The molecular formula is C19H17N3OS2. The number of fused-ring (bicyclic) bond motifs is 4. The molecule has 0 amide bonds. The van der Waals surface area contributed by atoms with Crippen molar-refractivity contribution in [1.29, 1.82) is 0 Å². The van der Waals surface area contributed by atoms with Crippen LogP contribution in [0.25, 0.3) is 10.2 Å². The Labute approximate surface area is 154 Å². The maximum atomic E-state index is 11.6. The number of carbonyl (C=O) groups excluding carboxylic acids is 1.